The fraction of sp³-hybridized carbons (Fsp3) is 0.208. The molecule has 3 aromatic rings. The molecular weight excluding hydrogens is 412 g/mol. The Bertz CT molecular complexity index is 1190. The lowest BCUT2D eigenvalue weighted by Gasteiger charge is -2.17. The molecule has 1 amide bonds. The molecule has 0 radical (unpaired) electrons. The number of carbonyl (C=O) groups is 1. The monoisotopic (exact) mass is 438 g/mol. The van der Waals surface area contributed by atoms with E-state index in [0.717, 1.165) is 16.7 Å². The SMILES string of the molecule is Cc1cccc(NS(=O)(=O)c2ccc(NC(=O)[C@H](C)Oc3cccc(C)c3C)cc2)c1. The summed E-state index contributed by atoms with van der Waals surface area (Å²) in [7, 11) is -3.73. The van der Waals surface area contributed by atoms with E-state index in [2.05, 4.69) is 10.0 Å². The minimum atomic E-state index is -3.73. The lowest BCUT2D eigenvalue weighted by atomic mass is 10.1. The summed E-state index contributed by atoms with van der Waals surface area (Å²) in [5, 5.41) is 2.75. The summed E-state index contributed by atoms with van der Waals surface area (Å²) in [6, 6.07) is 18.8. The van der Waals surface area contributed by atoms with Gasteiger partial charge in [0.05, 0.1) is 4.90 Å². The number of nitrogens with one attached hydrogen (secondary N) is 2. The summed E-state index contributed by atoms with van der Waals surface area (Å²) in [4.78, 5) is 12.6. The summed E-state index contributed by atoms with van der Waals surface area (Å²) in [5.41, 5.74) is 4.00. The van der Waals surface area contributed by atoms with Gasteiger partial charge in [0.1, 0.15) is 5.75 Å². The first-order valence-corrected chi connectivity index (χ1v) is 11.4. The number of hydrogen-bond acceptors (Lipinski definition) is 4. The smallest absolute Gasteiger partial charge is 0.265 e. The maximum Gasteiger partial charge on any atom is 0.265 e. The van der Waals surface area contributed by atoms with Gasteiger partial charge in [-0.05, 0) is 86.8 Å². The van der Waals surface area contributed by atoms with Crippen molar-refractivity contribution < 1.29 is 17.9 Å². The largest absolute Gasteiger partial charge is 0.481 e. The molecule has 2 N–H and O–H groups in total. The van der Waals surface area contributed by atoms with Crippen LogP contribution < -0.4 is 14.8 Å². The number of anilines is 2. The van der Waals surface area contributed by atoms with Crippen molar-refractivity contribution in [3.8, 4) is 5.75 Å². The highest BCUT2D eigenvalue weighted by Crippen LogP contribution is 2.23. The van der Waals surface area contributed by atoms with Gasteiger partial charge in [0.2, 0.25) is 0 Å². The molecule has 162 valence electrons. The fourth-order valence-electron chi connectivity index (χ4n) is 2.98. The molecular formula is C24H26N2O4S. The quantitative estimate of drug-likeness (QED) is 0.554. The molecule has 0 heterocycles. The van der Waals surface area contributed by atoms with Crippen LogP contribution in [0.5, 0.6) is 5.75 Å². The molecule has 0 aromatic heterocycles. The average molecular weight is 439 g/mol. The molecule has 0 aliphatic carbocycles. The van der Waals surface area contributed by atoms with Gasteiger partial charge in [0, 0.05) is 11.4 Å². The second-order valence-corrected chi connectivity index (χ2v) is 9.13. The van der Waals surface area contributed by atoms with Gasteiger partial charge in [0.25, 0.3) is 15.9 Å². The Kier molecular flexibility index (Phi) is 6.65. The number of ether oxygens (including phenoxy) is 1. The Hall–Kier alpha value is -3.32. The van der Waals surface area contributed by atoms with Gasteiger partial charge in [-0.15, -0.1) is 0 Å². The van der Waals surface area contributed by atoms with E-state index < -0.39 is 16.1 Å². The van der Waals surface area contributed by atoms with Crippen molar-refractivity contribution in [2.75, 3.05) is 10.0 Å². The van der Waals surface area contributed by atoms with E-state index in [4.69, 9.17) is 4.74 Å². The molecule has 31 heavy (non-hydrogen) atoms. The summed E-state index contributed by atoms with van der Waals surface area (Å²) >= 11 is 0. The molecule has 0 bridgehead atoms. The van der Waals surface area contributed by atoms with E-state index in [0.29, 0.717) is 17.1 Å². The molecule has 0 aliphatic rings. The van der Waals surface area contributed by atoms with Crippen LogP contribution in [0.3, 0.4) is 0 Å². The number of benzene rings is 3. The predicted molar refractivity (Wildman–Crippen MR) is 123 cm³/mol. The van der Waals surface area contributed by atoms with E-state index in [1.54, 1.807) is 37.3 Å². The zero-order valence-corrected chi connectivity index (χ0v) is 18.8. The number of sulfonamides is 1. The van der Waals surface area contributed by atoms with Gasteiger partial charge in [-0.2, -0.15) is 0 Å². The van der Waals surface area contributed by atoms with Crippen LogP contribution >= 0.6 is 0 Å². The molecule has 6 nitrogen and oxygen atoms in total. The zero-order chi connectivity index (χ0) is 22.6. The Balaban J connectivity index is 1.65. The van der Waals surface area contributed by atoms with Gasteiger partial charge < -0.3 is 10.1 Å². The third-order valence-corrected chi connectivity index (χ3v) is 6.33. The van der Waals surface area contributed by atoms with Gasteiger partial charge in [-0.3, -0.25) is 9.52 Å². The minimum Gasteiger partial charge on any atom is -0.481 e. The average Bonchev–Trinajstić information content (AvgIpc) is 2.71. The third kappa shape index (κ3) is 5.64. The van der Waals surface area contributed by atoms with E-state index in [-0.39, 0.29) is 10.8 Å². The van der Waals surface area contributed by atoms with Crippen LogP contribution in [0.25, 0.3) is 0 Å². The number of hydrogen-bond donors (Lipinski definition) is 2. The van der Waals surface area contributed by atoms with Crippen LogP contribution in [-0.4, -0.2) is 20.4 Å². The molecule has 0 saturated heterocycles. The van der Waals surface area contributed by atoms with Crippen LogP contribution in [0.2, 0.25) is 0 Å². The van der Waals surface area contributed by atoms with Crippen molar-refractivity contribution in [3.63, 3.8) is 0 Å². The molecule has 0 aliphatic heterocycles. The molecule has 0 fully saturated rings. The molecule has 1 atom stereocenters. The predicted octanol–water partition coefficient (Wildman–Crippen LogP) is 4.82. The van der Waals surface area contributed by atoms with Crippen molar-refractivity contribution in [3.05, 3.63) is 83.4 Å². The maximum atomic E-state index is 12.6. The van der Waals surface area contributed by atoms with Crippen LogP contribution in [0, 0.1) is 20.8 Å². The van der Waals surface area contributed by atoms with Crippen molar-refractivity contribution in [1.82, 2.24) is 0 Å². The van der Waals surface area contributed by atoms with Gasteiger partial charge in [-0.1, -0.05) is 24.3 Å². The molecule has 3 rings (SSSR count). The zero-order valence-electron chi connectivity index (χ0n) is 18.0. The van der Waals surface area contributed by atoms with E-state index >= 15 is 0 Å². The maximum absolute atomic E-state index is 12.6. The minimum absolute atomic E-state index is 0.103. The van der Waals surface area contributed by atoms with Crippen molar-refractivity contribution in [1.29, 1.82) is 0 Å². The van der Waals surface area contributed by atoms with E-state index in [1.807, 2.05) is 45.0 Å². The molecule has 0 spiro atoms. The van der Waals surface area contributed by atoms with Gasteiger partial charge in [-0.25, -0.2) is 8.42 Å². The Morgan fingerprint density at radius 1 is 0.903 bits per heavy atom. The topological polar surface area (TPSA) is 84.5 Å². The first-order valence-electron chi connectivity index (χ1n) is 9.89. The van der Waals surface area contributed by atoms with Gasteiger partial charge in [0.15, 0.2) is 6.10 Å². The number of carbonyl (C=O) groups excluding carboxylic acids is 1. The highest BCUT2D eigenvalue weighted by atomic mass is 32.2. The first kappa shape index (κ1) is 22.4. The summed E-state index contributed by atoms with van der Waals surface area (Å²) < 4.78 is 33.5. The summed E-state index contributed by atoms with van der Waals surface area (Å²) in [6.07, 6.45) is -0.716. The van der Waals surface area contributed by atoms with Crippen LogP contribution in [0.15, 0.2) is 71.6 Å². The fourth-order valence-corrected chi connectivity index (χ4v) is 4.03. The number of amides is 1. The van der Waals surface area contributed by atoms with E-state index in [9.17, 15) is 13.2 Å². The number of rotatable bonds is 7. The van der Waals surface area contributed by atoms with Crippen molar-refractivity contribution in [2.24, 2.45) is 0 Å². The van der Waals surface area contributed by atoms with Gasteiger partial charge >= 0.3 is 0 Å². The van der Waals surface area contributed by atoms with Crippen molar-refractivity contribution >= 4 is 27.3 Å². The first-order chi connectivity index (χ1) is 14.7. The molecule has 7 heteroatoms. The summed E-state index contributed by atoms with van der Waals surface area (Å²) in [6.45, 7) is 7.48. The van der Waals surface area contributed by atoms with Crippen LogP contribution in [0.4, 0.5) is 11.4 Å². The normalized spacial score (nSPS) is 12.1. The Morgan fingerprint density at radius 3 is 2.26 bits per heavy atom. The van der Waals surface area contributed by atoms with Crippen LogP contribution in [0.1, 0.15) is 23.6 Å². The molecule has 0 saturated carbocycles. The Morgan fingerprint density at radius 2 is 1.58 bits per heavy atom. The second kappa shape index (κ2) is 9.22. The van der Waals surface area contributed by atoms with Crippen molar-refractivity contribution in [2.45, 2.75) is 38.7 Å². The number of aryl methyl sites for hydroxylation is 2. The standard InChI is InChI=1S/C24H26N2O4S/c1-16-7-5-9-21(15-16)26-31(28,29)22-13-11-20(12-14-22)25-24(27)19(4)30-23-10-6-8-17(2)18(23)3/h5-15,19,26H,1-4H3,(H,25,27)/t19-/m0/s1. The highest BCUT2D eigenvalue weighted by molar-refractivity contribution is 7.92. The summed E-state index contributed by atoms with van der Waals surface area (Å²) in [5.74, 6) is 0.334. The lowest BCUT2D eigenvalue weighted by molar-refractivity contribution is -0.122. The molecule has 0 unspecified atom stereocenters. The Labute approximate surface area is 183 Å². The third-order valence-electron chi connectivity index (χ3n) is 4.93. The van der Waals surface area contributed by atoms with Crippen LogP contribution in [-0.2, 0) is 14.8 Å². The lowest BCUT2D eigenvalue weighted by Crippen LogP contribution is -2.30. The second-order valence-electron chi connectivity index (χ2n) is 7.45. The highest BCUT2D eigenvalue weighted by Gasteiger charge is 2.18. The van der Waals surface area contributed by atoms with E-state index in [1.165, 1.54) is 12.1 Å². The molecule has 3 aromatic carbocycles.